The first-order chi connectivity index (χ1) is 20.3. The second-order valence-corrected chi connectivity index (χ2v) is 12.8. The highest BCUT2D eigenvalue weighted by Crippen LogP contribution is 2.42. The van der Waals surface area contributed by atoms with Gasteiger partial charge in [-0.25, -0.2) is 15.0 Å². The van der Waals surface area contributed by atoms with E-state index in [2.05, 4.69) is 38.8 Å². The molecule has 0 radical (unpaired) electrons. The van der Waals surface area contributed by atoms with Crippen LogP contribution in [-0.2, 0) is 22.1 Å². The van der Waals surface area contributed by atoms with Crippen LogP contribution in [0.1, 0.15) is 64.1 Å². The van der Waals surface area contributed by atoms with Gasteiger partial charge in [-0.05, 0) is 70.7 Å². The number of fused-ring (bicyclic) bond motifs is 2. The number of aryl methyl sites for hydroxylation is 1. The number of hydrogen-bond donors (Lipinski definition) is 2. The topological polar surface area (TPSA) is 107 Å². The van der Waals surface area contributed by atoms with Gasteiger partial charge in [0.25, 0.3) is 0 Å². The largest absolute Gasteiger partial charge is 0.417 e. The highest BCUT2D eigenvalue weighted by atomic mass is 35.5. The third-order valence-corrected chi connectivity index (χ3v) is 9.29. The number of ether oxygens (including phenoxy) is 2. The number of nitrogens with two attached hydrogens (primary N) is 1. The van der Waals surface area contributed by atoms with E-state index in [-0.39, 0.29) is 28.8 Å². The summed E-state index contributed by atoms with van der Waals surface area (Å²) in [5, 5.41) is 0.466. The molecule has 0 bridgehead atoms. The zero-order valence-corrected chi connectivity index (χ0v) is 25.4. The van der Waals surface area contributed by atoms with Crippen LogP contribution in [0.15, 0.2) is 30.7 Å². The molecule has 2 fully saturated rings. The van der Waals surface area contributed by atoms with Crippen molar-refractivity contribution in [1.29, 1.82) is 0 Å². The van der Waals surface area contributed by atoms with Crippen molar-refractivity contribution >= 4 is 39.5 Å². The maximum absolute atomic E-state index is 13.2. The minimum atomic E-state index is -4.51. The Morgan fingerprint density at radius 2 is 2.00 bits per heavy atom. The Morgan fingerprint density at radius 3 is 2.72 bits per heavy atom. The number of benzene rings is 1. The van der Waals surface area contributed by atoms with E-state index in [1.54, 1.807) is 0 Å². The molecule has 0 unspecified atom stereocenters. The summed E-state index contributed by atoms with van der Waals surface area (Å²) >= 11 is 5.87. The lowest BCUT2D eigenvalue weighted by Gasteiger charge is -2.43. The van der Waals surface area contributed by atoms with Crippen LogP contribution in [0.5, 0.6) is 0 Å². The van der Waals surface area contributed by atoms with E-state index in [0.717, 1.165) is 49.3 Å². The second kappa shape index (κ2) is 11.2. The molecule has 0 spiro atoms. The molecule has 1 aromatic carbocycles. The van der Waals surface area contributed by atoms with Gasteiger partial charge in [0.1, 0.15) is 29.7 Å². The molecule has 43 heavy (non-hydrogen) atoms. The van der Waals surface area contributed by atoms with Crippen LogP contribution in [0.25, 0.3) is 22.1 Å². The van der Waals surface area contributed by atoms with Crippen molar-refractivity contribution in [3.63, 3.8) is 0 Å². The lowest BCUT2D eigenvalue weighted by molar-refractivity contribution is -0.156. The molecule has 1 aliphatic heterocycles. The van der Waals surface area contributed by atoms with Crippen LogP contribution < -0.4 is 5.73 Å². The molecule has 4 aromatic rings. The third kappa shape index (κ3) is 5.94. The quantitative estimate of drug-likeness (QED) is 0.218. The third-order valence-electron chi connectivity index (χ3n) is 8.98. The minimum Gasteiger partial charge on any atom is -0.383 e. The first-order valence-electron chi connectivity index (χ1n) is 14.7. The van der Waals surface area contributed by atoms with E-state index in [9.17, 15) is 13.2 Å². The van der Waals surface area contributed by atoms with E-state index >= 15 is 0 Å². The van der Waals surface area contributed by atoms with Crippen molar-refractivity contribution in [2.24, 2.45) is 11.8 Å². The lowest BCUT2D eigenvalue weighted by Crippen LogP contribution is -2.46. The Kier molecular flexibility index (Phi) is 7.85. The van der Waals surface area contributed by atoms with E-state index in [1.807, 2.05) is 30.7 Å². The number of H-pyrrole nitrogens is 1. The molecule has 1 saturated heterocycles. The molecule has 232 valence electrons. The molecule has 2 aliphatic rings. The van der Waals surface area contributed by atoms with Gasteiger partial charge in [-0.3, -0.25) is 0 Å². The molecule has 4 heterocycles. The van der Waals surface area contributed by atoms with Crippen molar-refractivity contribution in [2.75, 3.05) is 19.3 Å². The van der Waals surface area contributed by atoms with Gasteiger partial charge in [0, 0.05) is 31.1 Å². The number of hydrogen-bond acceptors (Lipinski definition) is 7. The summed E-state index contributed by atoms with van der Waals surface area (Å²) in [6.07, 6.45) is 3.01. The Balaban J connectivity index is 1.06. The van der Waals surface area contributed by atoms with Crippen LogP contribution in [0.3, 0.4) is 0 Å². The maximum Gasteiger partial charge on any atom is 0.417 e. The first kappa shape index (κ1) is 30.1. The van der Waals surface area contributed by atoms with Gasteiger partial charge in [-0.15, -0.1) is 0 Å². The molecule has 1 saturated carbocycles. The number of alkyl halides is 3. The molecular formula is C30H37ClF3N7O2. The van der Waals surface area contributed by atoms with Gasteiger partial charge < -0.3 is 29.7 Å². The molecule has 3 aromatic heterocycles. The van der Waals surface area contributed by atoms with Gasteiger partial charge in [-0.1, -0.05) is 18.5 Å². The fourth-order valence-corrected chi connectivity index (χ4v) is 6.82. The highest BCUT2D eigenvalue weighted by molar-refractivity contribution is 6.32. The van der Waals surface area contributed by atoms with Gasteiger partial charge in [0.2, 0.25) is 0 Å². The number of rotatable bonds is 9. The standard InChI is InChI=1S/C30H37ClF3N7O2/c1-5-17(25-28(43-29(2,3)42-25)41-9-8-19-26(35)36-15-37-27(19)41)14-40(4)18-10-16(11-18)6-7-24-38-22-12-20(30(32,33)34)21(31)13-23(22)39-24/h8-9,12-13,15-18,25,28H,5-7,10-11,14H2,1-4H3,(H,38,39)(H2,35,36,37)/t16?,17-,18?,25-,28-/m1/s1. The van der Waals surface area contributed by atoms with Crippen LogP contribution in [0.4, 0.5) is 19.0 Å². The fourth-order valence-electron chi connectivity index (χ4n) is 6.55. The highest BCUT2D eigenvalue weighted by Gasteiger charge is 2.47. The van der Waals surface area contributed by atoms with Crippen LogP contribution in [0, 0.1) is 11.8 Å². The Morgan fingerprint density at radius 1 is 1.23 bits per heavy atom. The number of nitrogens with zero attached hydrogens (tertiary/aromatic N) is 5. The van der Waals surface area contributed by atoms with Gasteiger partial charge in [0.05, 0.1) is 27.0 Å². The number of halogens is 4. The maximum atomic E-state index is 13.2. The molecule has 6 rings (SSSR count). The Labute approximate surface area is 252 Å². The normalized spacial score (nSPS) is 24.7. The van der Waals surface area contributed by atoms with Crippen molar-refractivity contribution in [3.05, 3.63) is 47.1 Å². The molecular weight excluding hydrogens is 583 g/mol. The van der Waals surface area contributed by atoms with Crippen LogP contribution in [-0.4, -0.2) is 60.9 Å². The summed E-state index contributed by atoms with van der Waals surface area (Å²) in [5.41, 5.74) is 6.75. The van der Waals surface area contributed by atoms with Crippen LogP contribution >= 0.6 is 11.6 Å². The Bertz CT molecular complexity index is 1610. The lowest BCUT2D eigenvalue weighted by atomic mass is 9.76. The molecule has 3 N–H and O–H groups in total. The van der Waals surface area contributed by atoms with E-state index in [1.165, 1.54) is 12.4 Å². The zero-order valence-electron chi connectivity index (χ0n) is 24.7. The molecule has 0 amide bonds. The van der Waals surface area contributed by atoms with Crippen molar-refractivity contribution in [1.82, 2.24) is 29.4 Å². The monoisotopic (exact) mass is 619 g/mol. The number of aromatic nitrogens is 5. The smallest absolute Gasteiger partial charge is 0.383 e. The summed E-state index contributed by atoms with van der Waals surface area (Å²) in [5.74, 6) is 1.13. The Hall–Kier alpha value is -2.93. The first-order valence-corrected chi connectivity index (χ1v) is 15.1. The van der Waals surface area contributed by atoms with Crippen LogP contribution in [0.2, 0.25) is 5.02 Å². The summed E-state index contributed by atoms with van der Waals surface area (Å²) in [4.78, 5) is 18.5. The van der Waals surface area contributed by atoms with E-state index in [0.29, 0.717) is 35.5 Å². The second-order valence-electron chi connectivity index (χ2n) is 12.4. The molecule has 13 heteroatoms. The summed E-state index contributed by atoms with van der Waals surface area (Å²) in [6, 6.07) is 4.69. The molecule has 3 atom stereocenters. The van der Waals surface area contributed by atoms with E-state index < -0.39 is 17.5 Å². The number of aromatic amines is 1. The molecule has 9 nitrogen and oxygen atoms in total. The fraction of sp³-hybridized carbons (Fsp3) is 0.567. The van der Waals surface area contributed by atoms with Gasteiger partial charge in [0.15, 0.2) is 12.0 Å². The predicted octanol–water partition coefficient (Wildman–Crippen LogP) is 6.58. The summed E-state index contributed by atoms with van der Waals surface area (Å²) in [6.45, 7) is 6.91. The number of nitrogens with one attached hydrogen (secondary N) is 1. The predicted molar refractivity (Wildman–Crippen MR) is 158 cm³/mol. The van der Waals surface area contributed by atoms with Crippen molar-refractivity contribution in [2.45, 2.75) is 83.2 Å². The van der Waals surface area contributed by atoms with Crippen molar-refractivity contribution < 1.29 is 22.6 Å². The SMILES string of the molecule is CC[C@H](CN(C)C1CC(CCc2nc3cc(C(F)(F)F)c(Cl)cc3[nH]2)C1)[C@H]1OC(C)(C)O[C@H]1n1ccc2c(N)ncnc21. The summed E-state index contributed by atoms with van der Waals surface area (Å²) in [7, 11) is 2.17. The number of nitrogen functional groups attached to an aromatic ring is 1. The van der Waals surface area contributed by atoms with Gasteiger partial charge in [-0.2, -0.15) is 13.2 Å². The number of imidazole rings is 1. The summed E-state index contributed by atoms with van der Waals surface area (Å²) < 4.78 is 54.6. The van der Waals surface area contributed by atoms with Gasteiger partial charge >= 0.3 is 6.18 Å². The molecule has 1 aliphatic carbocycles. The number of anilines is 1. The average Bonchev–Trinajstić information content (AvgIpc) is 3.59. The van der Waals surface area contributed by atoms with E-state index in [4.69, 9.17) is 26.8 Å². The van der Waals surface area contributed by atoms with Crippen molar-refractivity contribution in [3.8, 4) is 0 Å². The average molecular weight is 620 g/mol. The minimum absolute atomic E-state index is 0.176. The zero-order chi connectivity index (χ0) is 30.7.